The standard InChI is InChI=1S/C10H13N4O6PS/c15-5-1-7(20-6(5)2-19-21(17,18)22)14-4-13-8-9(14)11-3-12-10(8)16/h3-7,15H,1-2H2,(H,11,12,16)(H2,17,18,22). The Hall–Kier alpha value is -1.20. The first kappa shape index (κ1) is 15.7. The van der Waals surface area contributed by atoms with E-state index in [9.17, 15) is 9.90 Å². The molecule has 0 aliphatic carbocycles. The summed E-state index contributed by atoms with van der Waals surface area (Å²) in [5.74, 6) is 0. The molecule has 120 valence electrons. The average molecular weight is 348 g/mol. The zero-order chi connectivity index (χ0) is 15.9. The Morgan fingerprint density at radius 2 is 2.32 bits per heavy atom. The Morgan fingerprint density at radius 1 is 1.55 bits per heavy atom. The van der Waals surface area contributed by atoms with E-state index in [0.717, 1.165) is 0 Å². The van der Waals surface area contributed by atoms with Crippen molar-refractivity contribution in [2.75, 3.05) is 6.61 Å². The fourth-order valence-electron chi connectivity index (χ4n) is 2.28. The van der Waals surface area contributed by atoms with Crippen molar-refractivity contribution >= 4 is 29.7 Å². The third kappa shape index (κ3) is 3.10. The van der Waals surface area contributed by atoms with Gasteiger partial charge in [-0.15, -0.1) is 0 Å². The molecule has 2 aromatic rings. The van der Waals surface area contributed by atoms with Gasteiger partial charge < -0.3 is 29.1 Å². The van der Waals surface area contributed by atoms with Gasteiger partial charge in [-0.1, -0.05) is 0 Å². The molecule has 0 spiro atoms. The van der Waals surface area contributed by atoms with Crippen LogP contribution in [0.5, 0.6) is 0 Å². The monoisotopic (exact) mass is 348 g/mol. The Morgan fingerprint density at radius 3 is 3.05 bits per heavy atom. The van der Waals surface area contributed by atoms with Gasteiger partial charge in [0.15, 0.2) is 11.2 Å². The summed E-state index contributed by atoms with van der Waals surface area (Å²) >= 11 is 4.34. The van der Waals surface area contributed by atoms with Gasteiger partial charge in [-0.2, -0.15) is 0 Å². The topological polar surface area (TPSA) is 143 Å². The number of aromatic amines is 1. The molecule has 3 unspecified atom stereocenters. The van der Waals surface area contributed by atoms with Crippen LogP contribution in [0.25, 0.3) is 11.2 Å². The van der Waals surface area contributed by atoms with Crippen LogP contribution in [0.3, 0.4) is 0 Å². The van der Waals surface area contributed by atoms with Crippen LogP contribution >= 0.6 is 6.72 Å². The minimum atomic E-state index is -3.80. The highest BCUT2D eigenvalue weighted by atomic mass is 32.5. The van der Waals surface area contributed by atoms with E-state index >= 15 is 0 Å². The van der Waals surface area contributed by atoms with E-state index in [4.69, 9.17) is 19.0 Å². The van der Waals surface area contributed by atoms with Crippen molar-refractivity contribution in [1.29, 1.82) is 0 Å². The summed E-state index contributed by atoms with van der Waals surface area (Å²) in [6, 6.07) is 0. The van der Waals surface area contributed by atoms with E-state index in [0.29, 0.717) is 5.65 Å². The number of nitrogens with zero attached hydrogens (tertiary/aromatic N) is 3. The van der Waals surface area contributed by atoms with Crippen LogP contribution in [0.4, 0.5) is 0 Å². The van der Waals surface area contributed by atoms with Gasteiger partial charge in [0.05, 0.1) is 25.4 Å². The largest absolute Gasteiger partial charge is 0.390 e. The molecule has 4 N–H and O–H groups in total. The predicted octanol–water partition coefficient (Wildman–Crippen LogP) is -1.01. The van der Waals surface area contributed by atoms with Gasteiger partial charge in [0.1, 0.15) is 12.3 Å². The number of aliphatic hydroxyl groups excluding tert-OH is 1. The molecular formula is C10H13N4O6PS. The molecule has 0 radical (unpaired) electrons. The minimum Gasteiger partial charge on any atom is -0.390 e. The zero-order valence-electron chi connectivity index (χ0n) is 11.1. The molecule has 3 heterocycles. The van der Waals surface area contributed by atoms with Crippen molar-refractivity contribution in [3.8, 4) is 0 Å². The molecule has 1 fully saturated rings. The third-order valence-corrected chi connectivity index (χ3v) is 4.09. The van der Waals surface area contributed by atoms with Gasteiger partial charge >= 0.3 is 6.72 Å². The van der Waals surface area contributed by atoms with Gasteiger partial charge in [0.25, 0.3) is 5.56 Å². The Bertz CT molecular complexity index is 787. The van der Waals surface area contributed by atoms with Crippen molar-refractivity contribution in [1.82, 2.24) is 19.5 Å². The number of hydrogen-bond acceptors (Lipinski definition) is 7. The molecule has 0 aromatic carbocycles. The van der Waals surface area contributed by atoms with Crippen LogP contribution < -0.4 is 5.56 Å². The smallest absolute Gasteiger partial charge is 0.321 e. The Labute approximate surface area is 128 Å². The molecule has 2 aromatic heterocycles. The van der Waals surface area contributed by atoms with Gasteiger partial charge in [-0.25, -0.2) is 9.97 Å². The maximum absolute atomic E-state index is 11.6. The molecule has 0 bridgehead atoms. The summed E-state index contributed by atoms with van der Waals surface area (Å²) in [7, 11) is 0. The first-order valence-corrected chi connectivity index (χ1v) is 8.91. The Balaban J connectivity index is 1.80. The highest BCUT2D eigenvalue weighted by molar-refractivity contribution is 8.06. The van der Waals surface area contributed by atoms with E-state index in [1.54, 1.807) is 0 Å². The lowest BCUT2D eigenvalue weighted by Gasteiger charge is -2.17. The number of H-pyrrole nitrogens is 1. The summed E-state index contributed by atoms with van der Waals surface area (Å²) in [6.07, 6.45) is 0.613. The summed E-state index contributed by atoms with van der Waals surface area (Å²) in [5.41, 5.74) is 0.127. The maximum atomic E-state index is 11.6. The lowest BCUT2D eigenvalue weighted by atomic mass is 10.2. The van der Waals surface area contributed by atoms with Crippen LogP contribution in [-0.2, 0) is 21.1 Å². The fraction of sp³-hybridized carbons (Fsp3) is 0.500. The van der Waals surface area contributed by atoms with Crippen molar-refractivity contribution in [2.45, 2.75) is 24.9 Å². The molecule has 0 amide bonds. The van der Waals surface area contributed by atoms with Crippen molar-refractivity contribution < 1.29 is 24.2 Å². The number of ether oxygens (including phenoxy) is 1. The second-order valence-electron chi connectivity index (χ2n) is 4.77. The van der Waals surface area contributed by atoms with Crippen molar-refractivity contribution in [3.63, 3.8) is 0 Å². The SMILES string of the molecule is O=c1[nH]cnc2c1ncn2C1CC(O)C(COP(O)(O)=S)O1. The van der Waals surface area contributed by atoms with Crippen LogP contribution in [0.2, 0.25) is 0 Å². The molecular weight excluding hydrogens is 335 g/mol. The van der Waals surface area contributed by atoms with E-state index in [2.05, 4.69) is 26.8 Å². The Kier molecular flexibility index (Phi) is 4.12. The molecule has 12 heteroatoms. The molecule has 1 aliphatic heterocycles. The van der Waals surface area contributed by atoms with E-state index < -0.39 is 25.2 Å². The summed E-state index contributed by atoms with van der Waals surface area (Å²) < 4.78 is 11.8. The van der Waals surface area contributed by atoms with Crippen molar-refractivity contribution in [3.05, 3.63) is 23.0 Å². The highest BCUT2D eigenvalue weighted by Gasteiger charge is 2.36. The average Bonchev–Trinajstić information content (AvgIpc) is 3.00. The van der Waals surface area contributed by atoms with Gasteiger partial charge in [0.2, 0.25) is 0 Å². The molecule has 3 rings (SSSR count). The van der Waals surface area contributed by atoms with Crippen LogP contribution in [0.15, 0.2) is 17.4 Å². The van der Waals surface area contributed by atoms with E-state index in [-0.39, 0.29) is 24.1 Å². The van der Waals surface area contributed by atoms with Gasteiger partial charge in [0, 0.05) is 6.42 Å². The van der Waals surface area contributed by atoms with Crippen LogP contribution in [-0.4, -0.2) is 53.2 Å². The molecule has 3 atom stereocenters. The second-order valence-corrected chi connectivity index (χ2v) is 7.44. The summed E-state index contributed by atoms with van der Waals surface area (Å²) in [4.78, 5) is 40.1. The summed E-state index contributed by atoms with van der Waals surface area (Å²) in [5, 5.41) is 9.97. The number of rotatable bonds is 4. The van der Waals surface area contributed by atoms with E-state index in [1.807, 2.05) is 0 Å². The third-order valence-electron chi connectivity index (χ3n) is 3.29. The number of aliphatic hydroxyl groups is 1. The first-order valence-electron chi connectivity index (χ1n) is 6.29. The molecule has 1 saturated heterocycles. The number of imidazole rings is 1. The second kappa shape index (κ2) is 5.78. The van der Waals surface area contributed by atoms with Gasteiger partial charge in [-0.3, -0.25) is 9.36 Å². The zero-order valence-corrected chi connectivity index (χ0v) is 12.8. The predicted molar refractivity (Wildman–Crippen MR) is 77.4 cm³/mol. The number of hydrogen-bond donors (Lipinski definition) is 4. The first-order chi connectivity index (χ1) is 10.3. The maximum Gasteiger partial charge on any atom is 0.321 e. The lowest BCUT2D eigenvalue weighted by Crippen LogP contribution is -2.25. The van der Waals surface area contributed by atoms with Gasteiger partial charge in [-0.05, 0) is 11.8 Å². The quantitative estimate of drug-likeness (QED) is 0.511. The highest BCUT2D eigenvalue weighted by Crippen LogP contribution is 2.38. The number of fused-ring (bicyclic) bond motifs is 1. The lowest BCUT2D eigenvalue weighted by molar-refractivity contribution is -0.0399. The molecule has 0 saturated carbocycles. The fourth-order valence-corrected chi connectivity index (χ4v) is 2.80. The van der Waals surface area contributed by atoms with Crippen molar-refractivity contribution in [2.24, 2.45) is 0 Å². The molecule has 10 nitrogen and oxygen atoms in total. The summed E-state index contributed by atoms with van der Waals surface area (Å²) in [6.45, 7) is -4.05. The molecule has 22 heavy (non-hydrogen) atoms. The minimum absolute atomic E-state index is 0.168. The van der Waals surface area contributed by atoms with Crippen LogP contribution in [0, 0.1) is 0 Å². The number of aromatic nitrogens is 4. The van der Waals surface area contributed by atoms with E-state index in [1.165, 1.54) is 17.2 Å². The number of nitrogens with one attached hydrogen (secondary N) is 1. The normalized spacial score (nSPS) is 25.9. The van der Waals surface area contributed by atoms with Crippen LogP contribution in [0.1, 0.15) is 12.6 Å². The molecule has 1 aliphatic rings.